The van der Waals surface area contributed by atoms with Gasteiger partial charge in [0.15, 0.2) is 0 Å². The number of methoxy groups -OCH3 is 1. The summed E-state index contributed by atoms with van der Waals surface area (Å²) >= 11 is 5.94. The molecule has 2 unspecified atom stereocenters. The third-order valence-electron chi connectivity index (χ3n) is 2.77. The molecule has 1 aromatic rings. The van der Waals surface area contributed by atoms with E-state index in [1.807, 2.05) is 25.1 Å². The van der Waals surface area contributed by atoms with Gasteiger partial charge in [-0.3, -0.25) is 4.79 Å². The first-order chi connectivity index (χ1) is 8.62. The molecular weight excluding hydrogens is 252 g/mol. The maximum atomic E-state index is 11.9. The number of nitrogens with one attached hydrogen (secondary N) is 1. The van der Waals surface area contributed by atoms with Crippen LogP contribution in [-0.4, -0.2) is 25.7 Å². The lowest BCUT2D eigenvalue weighted by Crippen LogP contribution is -2.42. The van der Waals surface area contributed by atoms with Gasteiger partial charge in [0.05, 0.1) is 6.04 Å². The molecule has 18 heavy (non-hydrogen) atoms. The number of hydrogen-bond donors (Lipinski definition) is 2. The molecule has 4 nitrogen and oxygen atoms in total. The van der Waals surface area contributed by atoms with Gasteiger partial charge >= 0.3 is 0 Å². The van der Waals surface area contributed by atoms with E-state index in [1.54, 1.807) is 6.07 Å². The van der Waals surface area contributed by atoms with Gasteiger partial charge in [0.1, 0.15) is 6.10 Å². The number of carbonyl (C=O) groups excluding carboxylic acids is 1. The highest BCUT2D eigenvalue weighted by molar-refractivity contribution is 6.30. The van der Waals surface area contributed by atoms with Crippen molar-refractivity contribution in [1.82, 2.24) is 5.32 Å². The summed E-state index contributed by atoms with van der Waals surface area (Å²) in [4.78, 5) is 11.9. The molecule has 1 amide bonds. The van der Waals surface area contributed by atoms with Crippen molar-refractivity contribution in [3.05, 3.63) is 34.9 Å². The molecule has 0 radical (unpaired) electrons. The molecule has 0 aliphatic heterocycles. The first-order valence-corrected chi connectivity index (χ1v) is 6.28. The van der Waals surface area contributed by atoms with E-state index in [-0.39, 0.29) is 18.5 Å². The van der Waals surface area contributed by atoms with Crippen LogP contribution in [-0.2, 0) is 9.53 Å². The van der Waals surface area contributed by atoms with E-state index in [1.165, 1.54) is 7.11 Å². The fraction of sp³-hybridized carbons (Fsp3) is 0.462. The lowest BCUT2D eigenvalue weighted by atomic mass is 10.0. The zero-order chi connectivity index (χ0) is 13.5. The number of amides is 1. The third-order valence-corrected chi connectivity index (χ3v) is 3.00. The molecule has 0 aliphatic rings. The fourth-order valence-electron chi connectivity index (χ4n) is 1.72. The maximum Gasteiger partial charge on any atom is 0.250 e. The lowest BCUT2D eigenvalue weighted by molar-refractivity contribution is -0.131. The average molecular weight is 271 g/mol. The molecule has 2 atom stereocenters. The van der Waals surface area contributed by atoms with E-state index in [2.05, 4.69) is 5.32 Å². The van der Waals surface area contributed by atoms with Gasteiger partial charge in [-0.25, -0.2) is 0 Å². The van der Waals surface area contributed by atoms with Gasteiger partial charge in [0, 0.05) is 18.7 Å². The Bertz CT molecular complexity index is 394. The van der Waals surface area contributed by atoms with Crippen LogP contribution < -0.4 is 11.1 Å². The molecule has 0 heterocycles. The zero-order valence-electron chi connectivity index (χ0n) is 10.7. The van der Waals surface area contributed by atoms with Crippen LogP contribution in [0.4, 0.5) is 0 Å². The Morgan fingerprint density at radius 1 is 1.56 bits per heavy atom. The Labute approximate surface area is 112 Å². The van der Waals surface area contributed by atoms with E-state index >= 15 is 0 Å². The standard InChI is InChI=1S/C13H19ClN2O2/c1-3-11(9-5-4-6-10(14)7-9)16-13(17)12(8-15)18-2/h4-7,11-12H,3,8,15H2,1-2H3,(H,16,17). The second-order valence-corrected chi connectivity index (χ2v) is 4.42. The predicted octanol–water partition coefficient (Wildman–Crippen LogP) is 1.88. The number of halogens is 1. The Hall–Kier alpha value is -1.10. The summed E-state index contributed by atoms with van der Waals surface area (Å²) in [5.41, 5.74) is 6.43. The molecule has 0 aromatic heterocycles. The number of nitrogens with two attached hydrogens (primary N) is 1. The van der Waals surface area contributed by atoms with Gasteiger partial charge in [-0.2, -0.15) is 0 Å². The van der Waals surface area contributed by atoms with Crippen molar-refractivity contribution in [1.29, 1.82) is 0 Å². The van der Waals surface area contributed by atoms with Crippen molar-refractivity contribution in [3.63, 3.8) is 0 Å². The Morgan fingerprint density at radius 3 is 2.78 bits per heavy atom. The molecule has 5 heteroatoms. The highest BCUT2D eigenvalue weighted by atomic mass is 35.5. The maximum absolute atomic E-state index is 11.9. The fourth-order valence-corrected chi connectivity index (χ4v) is 1.92. The first-order valence-electron chi connectivity index (χ1n) is 5.91. The molecule has 1 rings (SSSR count). The van der Waals surface area contributed by atoms with Crippen LogP contribution in [0.15, 0.2) is 24.3 Å². The van der Waals surface area contributed by atoms with Crippen LogP contribution in [0.1, 0.15) is 24.9 Å². The number of hydrogen-bond acceptors (Lipinski definition) is 3. The Kier molecular flexibility index (Phi) is 6.12. The Balaban J connectivity index is 2.76. The number of rotatable bonds is 6. The second kappa shape index (κ2) is 7.36. The van der Waals surface area contributed by atoms with Crippen LogP contribution in [0.3, 0.4) is 0 Å². The molecule has 0 aliphatic carbocycles. The molecule has 3 N–H and O–H groups in total. The minimum atomic E-state index is -0.613. The quantitative estimate of drug-likeness (QED) is 0.830. The van der Waals surface area contributed by atoms with Crippen molar-refractivity contribution >= 4 is 17.5 Å². The van der Waals surface area contributed by atoms with E-state index in [0.717, 1.165) is 12.0 Å². The summed E-state index contributed by atoms with van der Waals surface area (Å²) in [5, 5.41) is 3.56. The summed E-state index contributed by atoms with van der Waals surface area (Å²) in [5.74, 6) is -0.202. The predicted molar refractivity (Wildman–Crippen MR) is 72.5 cm³/mol. The monoisotopic (exact) mass is 270 g/mol. The molecule has 100 valence electrons. The topological polar surface area (TPSA) is 64.4 Å². The van der Waals surface area contributed by atoms with Crippen molar-refractivity contribution in [2.24, 2.45) is 5.73 Å². The van der Waals surface area contributed by atoms with Crippen molar-refractivity contribution in [3.8, 4) is 0 Å². The summed E-state index contributed by atoms with van der Waals surface area (Å²) in [6, 6.07) is 7.37. The van der Waals surface area contributed by atoms with Gasteiger partial charge in [0.2, 0.25) is 0 Å². The molecule has 0 saturated heterocycles. The first kappa shape index (κ1) is 15.0. The van der Waals surface area contributed by atoms with Crippen molar-refractivity contribution in [2.45, 2.75) is 25.5 Å². The smallest absolute Gasteiger partial charge is 0.250 e. The zero-order valence-corrected chi connectivity index (χ0v) is 11.4. The lowest BCUT2D eigenvalue weighted by Gasteiger charge is -2.20. The van der Waals surface area contributed by atoms with Gasteiger partial charge in [-0.15, -0.1) is 0 Å². The molecule has 0 saturated carbocycles. The minimum absolute atomic E-state index is 0.0830. The second-order valence-electron chi connectivity index (χ2n) is 3.98. The van der Waals surface area contributed by atoms with Crippen LogP contribution in [0, 0.1) is 0 Å². The molecule has 0 bridgehead atoms. The molecule has 0 spiro atoms. The van der Waals surface area contributed by atoms with E-state index in [4.69, 9.17) is 22.1 Å². The highest BCUT2D eigenvalue weighted by Crippen LogP contribution is 2.20. The van der Waals surface area contributed by atoms with Gasteiger partial charge in [-0.1, -0.05) is 30.7 Å². The van der Waals surface area contributed by atoms with Crippen LogP contribution in [0.5, 0.6) is 0 Å². The SMILES string of the molecule is CCC(NC(=O)C(CN)OC)c1cccc(Cl)c1. The van der Waals surface area contributed by atoms with E-state index in [0.29, 0.717) is 5.02 Å². The van der Waals surface area contributed by atoms with Gasteiger partial charge in [0.25, 0.3) is 5.91 Å². The van der Waals surface area contributed by atoms with Crippen LogP contribution in [0.2, 0.25) is 5.02 Å². The summed E-state index contributed by atoms with van der Waals surface area (Å²) in [6.07, 6.45) is 0.158. The Morgan fingerprint density at radius 2 is 2.28 bits per heavy atom. The van der Waals surface area contributed by atoms with Crippen molar-refractivity contribution in [2.75, 3.05) is 13.7 Å². The summed E-state index contributed by atoms with van der Waals surface area (Å²) < 4.78 is 5.00. The number of carbonyl (C=O) groups is 1. The molecule has 0 fully saturated rings. The summed E-state index contributed by atoms with van der Waals surface area (Å²) in [6.45, 7) is 2.16. The van der Waals surface area contributed by atoms with Crippen molar-refractivity contribution < 1.29 is 9.53 Å². The average Bonchev–Trinajstić information content (AvgIpc) is 2.37. The largest absolute Gasteiger partial charge is 0.370 e. The van der Waals surface area contributed by atoms with E-state index in [9.17, 15) is 4.79 Å². The highest BCUT2D eigenvalue weighted by Gasteiger charge is 2.19. The molecule has 1 aromatic carbocycles. The third kappa shape index (κ3) is 3.98. The minimum Gasteiger partial charge on any atom is -0.370 e. The van der Waals surface area contributed by atoms with Gasteiger partial charge < -0.3 is 15.8 Å². The molecular formula is C13H19ClN2O2. The number of benzene rings is 1. The van der Waals surface area contributed by atoms with Crippen LogP contribution >= 0.6 is 11.6 Å². The number of ether oxygens (including phenoxy) is 1. The van der Waals surface area contributed by atoms with Gasteiger partial charge in [-0.05, 0) is 24.1 Å². The van der Waals surface area contributed by atoms with Crippen LogP contribution in [0.25, 0.3) is 0 Å². The van der Waals surface area contributed by atoms with E-state index < -0.39 is 6.10 Å². The normalized spacial score (nSPS) is 14.0. The summed E-state index contributed by atoms with van der Waals surface area (Å²) in [7, 11) is 1.47.